The van der Waals surface area contributed by atoms with Crippen LogP contribution in [-0.4, -0.2) is 12.4 Å². The summed E-state index contributed by atoms with van der Waals surface area (Å²) < 4.78 is 5.54. The first kappa shape index (κ1) is 18.1. The summed E-state index contributed by atoms with van der Waals surface area (Å²) in [5.41, 5.74) is 5.41. The fraction of sp³-hybridized carbons (Fsp3) is 0.208. The fourth-order valence-corrected chi connectivity index (χ4v) is 2.92. The molecule has 0 heterocycles. The summed E-state index contributed by atoms with van der Waals surface area (Å²) in [6.45, 7) is 2.74. The molecule has 0 aliphatic heterocycles. The lowest BCUT2D eigenvalue weighted by Crippen LogP contribution is -2.09. The molecule has 0 N–H and O–H groups in total. The maximum atomic E-state index is 12.3. The molecule has 26 heavy (non-hydrogen) atoms. The summed E-state index contributed by atoms with van der Waals surface area (Å²) in [5.74, 6) is 0.00535. The molecule has 3 aromatic carbocycles. The molecule has 0 unspecified atom stereocenters. The van der Waals surface area contributed by atoms with Gasteiger partial charge in [-0.15, -0.1) is 0 Å². The number of hydrogen-bond donors (Lipinski definition) is 0. The Morgan fingerprint density at radius 3 is 2.00 bits per heavy atom. The van der Waals surface area contributed by atoms with E-state index < -0.39 is 0 Å². The molecule has 0 fully saturated rings. The monoisotopic (exact) mass is 344 g/mol. The average molecular weight is 344 g/mol. The molecule has 3 aromatic rings. The van der Waals surface area contributed by atoms with Gasteiger partial charge in [0.2, 0.25) is 0 Å². The predicted molar refractivity (Wildman–Crippen MR) is 106 cm³/mol. The zero-order chi connectivity index (χ0) is 18.2. The highest BCUT2D eigenvalue weighted by atomic mass is 16.5. The van der Waals surface area contributed by atoms with Gasteiger partial charge in [0, 0.05) is 5.56 Å². The van der Waals surface area contributed by atoms with Gasteiger partial charge in [-0.05, 0) is 28.7 Å². The lowest BCUT2D eigenvalue weighted by molar-refractivity contribution is 0.0726. The highest BCUT2D eigenvalue weighted by molar-refractivity contribution is 5.97. The minimum Gasteiger partial charge on any atom is -0.369 e. The second kappa shape index (κ2) is 9.12. The van der Waals surface area contributed by atoms with Gasteiger partial charge < -0.3 is 4.74 Å². The molecule has 2 nitrogen and oxygen atoms in total. The van der Waals surface area contributed by atoms with Crippen LogP contribution in [-0.2, 0) is 17.8 Å². The van der Waals surface area contributed by atoms with Crippen LogP contribution in [0.4, 0.5) is 0 Å². The molecule has 0 bridgehead atoms. The lowest BCUT2D eigenvalue weighted by Gasteiger charge is -2.07. The molecule has 0 spiro atoms. The van der Waals surface area contributed by atoms with Crippen LogP contribution in [0.2, 0.25) is 0 Å². The van der Waals surface area contributed by atoms with Crippen molar-refractivity contribution < 1.29 is 9.53 Å². The van der Waals surface area contributed by atoms with Crippen molar-refractivity contribution in [2.75, 3.05) is 6.61 Å². The van der Waals surface area contributed by atoms with Crippen LogP contribution in [0.25, 0.3) is 11.1 Å². The van der Waals surface area contributed by atoms with E-state index in [0.717, 1.165) is 24.0 Å². The zero-order valence-electron chi connectivity index (χ0n) is 15.2. The van der Waals surface area contributed by atoms with Crippen molar-refractivity contribution in [3.05, 3.63) is 95.6 Å². The highest BCUT2D eigenvalue weighted by Gasteiger charge is 2.07. The lowest BCUT2D eigenvalue weighted by atomic mass is 10.0. The van der Waals surface area contributed by atoms with Crippen LogP contribution in [0.3, 0.4) is 0 Å². The Kier molecular flexibility index (Phi) is 6.34. The molecule has 0 radical (unpaired) electrons. The third-order valence-electron chi connectivity index (χ3n) is 4.38. The van der Waals surface area contributed by atoms with Crippen molar-refractivity contribution in [1.29, 1.82) is 0 Å². The van der Waals surface area contributed by atoms with Gasteiger partial charge in [0.1, 0.15) is 6.61 Å². The van der Waals surface area contributed by atoms with Crippen molar-refractivity contribution in [2.24, 2.45) is 0 Å². The second-order valence-corrected chi connectivity index (χ2v) is 6.43. The average Bonchev–Trinajstić information content (AvgIpc) is 2.70. The smallest absolute Gasteiger partial charge is 0.188 e. The Balaban J connectivity index is 1.57. The molecule has 0 saturated heterocycles. The maximum absolute atomic E-state index is 12.3. The molecule has 2 heteroatoms. The second-order valence-electron chi connectivity index (χ2n) is 6.43. The van der Waals surface area contributed by atoms with Crippen LogP contribution in [0.5, 0.6) is 0 Å². The molecule has 3 rings (SSSR count). The highest BCUT2D eigenvalue weighted by Crippen LogP contribution is 2.21. The largest absolute Gasteiger partial charge is 0.369 e. The first-order valence-electron chi connectivity index (χ1n) is 9.10. The first-order valence-corrected chi connectivity index (χ1v) is 9.10. The maximum Gasteiger partial charge on any atom is 0.188 e. The molecule has 132 valence electrons. The van der Waals surface area contributed by atoms with Crippen molar-refractivity contribution >= 4 is 5.78 Å². The minimum absolute atomic E-state index is 0.00535. The Bertz CT molecular complexity index is 818. The van der Waals surface area contributed by atoms with E-state index in [1.807, 2.05) is 54.6 Å². The molecule has 0 aromatic heterocycles. The Hall–Kier alpha value is -2.71. The van der Waals surface area contributed by atoms with E-state index in [-0.39, 0.29) is 12.4 Å². The van der Waals surface area contributed by atoms with Crippen LogP contribution in [0, 0.1) is 0 Å². The first-order chi connectivity index (χ1) is 12.8. The number of carbonyl (C=O) groups is 1. The number of rotatable bonds is 8. The number of Topliss-reactive ketones (excluding diaryl/α,β-unsaturated/α-hetero) is 1. The van der Waals surface area contributed by atoms with Gasteiger partial charge in [0.15, 0.2) is 5.78 Å². The number of ether oxygens (including phenoxy) is 1. The van der Waals surface area contributed by atoms with E-state index in [4.69, 9.17) is 4.74 Å². The van der Waals surface area contributed by atoms with Crippen molar-refractivity contribution in [2.45, 2.75) is 26.4 Å². The van der Waals surface area contributed by atoms with Gasteiger partial charge in [-0.1, -0.05) is 92.2 Å². The van der Waals surface area contributed by atoms with Crippen LogP contribution >= 0.6 is 0 Å². The summed E-state index contributed by atoms with van der Waals surface area (Å²) >= 11 is 0. The van der Waals surface area contributed by atoms with E-state index >= 15 is 0 Å². The minimum atomic E-state index is 0.00535. The van der Waals surface area contributed by atoms with E-state index in [1.54, 1.807) is 0 Å². The number of aryl methyl sites for hydroxylation is 1. The van der Waals surface area contributed by atoms with Gasteiger partial charge in [-0.3, -0.25) is 4.79 Å². The fourth-order valence-electron chi connectivity index (χ4n) is 2.92. The predicted octanol–water partition coefficient (Wildman–Crippen LogP) is 5.71. The van der Waals surface area contributed by atoms with Crippen molar-refractivity contribution in [3.63, 3.8) is 0 Å². The number of ketones is 1. The molecule has 0 saturated carbocycles. The van der Waals surface area contributed by atoms with E-state index in [1.165, 1.54) is 11.1 Å². The van der Waals surface area contributed by atoms with Gasteiger partial charge in [0.25, 0.3) is 0 Å². The SMILES string of the molecule is CCCc1ccc(-c2ccc(C(=O)COCc3ccccc3)cc2)cc1. The van der Waals surface area contributed by atoms with Crippen LogP contribution in [0.15, 0.2) is 78.9 Å². The van der Waals surface area contributed by atoms with Gasteiger partial charge >= 0.3 is 0 Å². The van der Waals surface area contributed by atoms with E-state index in [0.29, 0.717) is 12.2 Å². The van der Waals surface area contributed by atoms with Crippen LogP contribution < -0.4 is 0 Å². The molecule has 0 aliphatic carbocycles. The van der Waals surface area contributed by atoms with Gasteiger partial charge in [-0.25, -0.2) is 0 Å². The normalized spacial score (nSPS) is 10.7. The number of carbonyl (C=O) groups excluding carboxylic acids is 1. The Morgan fingerprint density at radius 2 is 1.38 bits per heavy atom. The topological polar surface area (TPSA) is 26.3 Å². The Morgan fingerprint density at radius 1 is 0.769 bits per heavy atom. The molecule has 0 aliphatic rings. The molecule has 0 atom stereocenters. The Labute approximate surface area is 155 Å². The standard InChI is InChI=1S/C24H24O2/c1-2-6-19-9-11-21(12-10-19)22-13-15-23(16-14-22)24(25)18-26-17-20-7-4-3-5-8-20/h3-5,7-16H,2,6,17-18H2,1H3. The van der Waals surface area contributed by atoms with Gasteiger partial charge in [-0.2, -0.15) is 0 Å². The third kappa shape index (κ3) is 4.90. The molecular weight excluding hydrogens is 320 g/mol. The summed E-state index contributed by atoms with van der Waals surface area (Å²) in [6.07, 6.45) is 2.26. The molecule has 0 amide bonds. The molecular formula is C24H24O2. The van der Waals surface area contributed by atoms with Crippen molar-refractivity contribution in [3.8, 4) is 11.1 Å². The summed E-state index contributed by atoms with van der Waals surface area (Å²) in [6, 6.07) is 26.3. The summed E-state index contributed by atoms with van der Waals surface area (Å²) in [4.78, 5) is 12.3. The van der Waals surface area contributed by atoms with Crippen molar-refractivity contribution in [1.82, 2.24) is 0 Å². The third-order valence-corrected chi connectivity index (χ3v) is 4.38. The zero-order valence-corrected chi connectivity index (χ0v) is 15.2. The van der Waals surface area contributed by atoms with Crippen LogP contribution in [0.1, 0.15) is 34.8 Å². The van der Waals surface area contributed by atoms with Gasteiger partial charge in [0.05, 0.1) is 6.61 Å². The quantitative estimate of drug-likeness (QED) is 0.490. The van der Waals surface area contributed by atoms with E-state index in [9.17, 15) is 4.79 Å². The number of hydrogen-bond acceptors (Lipinski definition) is 2. The summed E-state index contributed by atoms with van der Waals surface area (Å²) in [7, 11) is 0. The number of benzene rings is 3. The summed E-state index contributed by atoms with van der Waals surface area (Å²) in [5, 5.41) is 0. The van der Waals surface area contributed by atoms with E-state index in [2.05, 4.69) is 31.2 Å².